The Kier molecular flexibility index (Phi) is 3.83. The Morgan fingerprint density at radius 3 is 2.55 bits per heavy atom. The lowest BCUT2D eigenvalue weighted by Gasteiger charge is -2.32. The molecule has 3 rings (SSSR count). The van der Waals surface area contributed by atoms with E-state index < -0.39 is 0 Å². The predicted molar refractivity (Wildman–Crippen MR) is 92.4 cm³/mol. The van der Waals surface area contributed by atoms with Gasteiger partial charge >= 0.3 is 7.12 Å². The molecule has 2 aliphatic rings. The first-order chi connectivity index (χ1) is 10.4. The molecule has 0 bridgehead atoms. The van der Waals surface area contributed by atoms with Crippen LogP contribution in [0, 0.1) is 0 Å². The second-order valence-corrected chi connectivity index (χ2v) is 6.77. The van der Waals surface area contributed by atoms with Gasteiger partial charge in [-0.05, 0) is 50.7 Å². The number of allylic oxidation sites excluding steroid dienone is 3. The van der Waals surface area contributed by atoms with E-state index in [4.69, 9.17) is 9.31 Å². The van der Waals surface area contributed by atoms with Gasteiger partial charge in [0.2, 0.25) is 0 Å². The quantitative estimate of drug-likeness (QED) is 0.783. The molecule has 1 fully saturated rings. The molecule has 0 amide bonds. The molecule has 2 heterocycles. The van der Waals surface area contributed by atoms with Crippen LogP contribution in [0.25, 0.3) is 5.57 Å². The van der Waals surface area contributed by atoms with Crippen molar-refractivity contribution in [2.24, 2.45) is 4.99 Å². The van der Waals surface area contributed by atoms with Crippen molar-refractivity contribution >= 4 is 24.4 Å². The minimum atomic E-state index is -0.327. The molecule has 1 aromatic carbocycles. The van der Waals surface area contributed by atoms with Crippen LogP contribution >= 0.6 is 0 Å². The fourth-order valence-electron chi connectivity index (χ4n) is 2.53. The van der Waals surface area contributed by atoms with Gasteiger partial charge in [-0.15, -0.1) is 0 Å². The largest absolute Gasteiger partial charge is 0.494 e. The Morgan fingerprint density at radius 1 is 1.09 bits per heavy atom. The van der Waals surface area contributed by atoms with Crippen molar-refractivity contribution in [3.8, 4) is 0 Å². The van der Waals surface area contributed by atoms with Crippen LogP contribution in [-0.2, 0) is 9.31 Å². The van der Waals surface area contributed by atoms with E-state index in [-0.39, 0.29) is 18.3 Å². The highest BCUT2D eigenvalue weighted by atomic mass is 16.7. The second kappa shape index (κ2) is 5.52. The smallest absolute Gasteiger partial charge is 0.399 e. The Balaban J connectivity index is 1.88. The van der Waals surface area contributed by atoms with Crippen molar-refractivity contribution in [1.29, 1.82) is 0 Å². The van der Waals surface area contributed by atoms with E-state index in [0.29, 0.717) is 0 Å². The zero-order valence-electron chi connectivity index (χ0n) is 13.7. The third-order valence-corrected chi connectivity index (χ3v) is 4.62. The van der Waals surface area contributed by atoms with Crippen LogP contribution in [0.15, 0.2) is 47.6 Å². The van der Waals surface area contributed by atoms with Gasteiger partial charge in [0.15, 0.2) is 0 Å². The molecular weight excluding hydrogens is 273 g/mol. The maximum atomic E-state index is 6.13. The van der Waals surface area contributed by atoms with Crippen LogP contribution in [0.2, 0.25) is 0 Å². The van der Waals surface area contributed by atoms with E-state index in [2.05, 4.69) is 57.0 Å². The van der Waals surface area contributed by atoms with E-state index in [1.54, 1.807) is 0 Å². The van der Waals surface area contributed by atoms with Gasteiger partial charge in [0.25, 0.3) is 0 Å². The van der Waals surface area contributed by atoms with Gasteiger partial charge in [-0.2, -0.15) is 0 Å². The second-order valence-electron chi connectivity index (χ2n) is 6.77. The van der Waals surface area contributed by atoms with E-state index >= 15 is 0 Å². The SMILES string of the molecule is CC1(C)OB(c2cccc(C3=CCC=CN=C3)c2)OC1(C)C. The van der Waals surface area contributed by atoms with Gasteiger partial charge in [-0.3, -0.25) is 4.99 Å². The van der Waals surface area contributed by atoms with Crippen LogP contribution in [0.3, 0.4) is 0 Å². The van der Waals surface area contributed by atoms with Gasteiger partial charge in [0.05, 0.1) is 11.2 Å². The summed E-state index contributed by atoms with van der Waals surface area (Å²) in [4.78, 5) is 4.27. The molecule has 22 heavy (non-hydrogen) atoms. The first-order valence-corrected chi connectivity index (χ1v) is 7.73. The summed E-state index contributed by atoms with van der Waals surface area (Å²) >= 11 is 0. The van der Waals surface area contributed by atoms with Crippen molar-refractivity contribution in [1.82, 2.24) is 0 Å². The Labute approximate surface area is 132 Å². The fraction of sp³-hybridized carbons (Fsp3) is 0.389. The summed E-state index contributed by atoms with van der Waals surface area (Å²) in [6, 6.07) is 8.32. The van der Waals surface area contributed by atoms with Crippen molar-refractivity contribution in [2.45, 2.75) is 45.3 Å². The average Bonchev–Trinajstić information content (AvgIpc) is 2.67. The van der Waals surface area contributed by atoms with Gasteiger partial charge in [0.1, 0.15) is 0 Å². The minimum absolute atomic E-state index is 0.319. The van der Waals surface area contributed by atoms with Gasteiger partial charge < -0.3 is 9.31 Å². The van der Waals surface area contributed by atoms with Crippen molar-refractivity contribution in [2.75, 3.05) is 0 Å². The Hall–Kier alpha value is -1.65. The molecule has 0 saturated carbocycles. The normalized spacial score (nSPS) is 22.5. The molecule has 0 spiro atoms. The number of aliphatic imine (C=N–C) groups is 1. The zero-order chi connectivity index (χ0) is 15.8. The molecule has 0 N–H and O–H groups in total. The molecule has 0 aromatic heterocycles. The highest BCUT2D eigenvalue weighted by molar-refractivity contribution is 6.62. The molecule has 4 heteroatoms. The van der Waals surface area contributed by atoms with Crippen molar-refractivity contribution < 1.29 is 9.31 Å². The maximum Gasteiger partial charge on any atom is 0.494 e. The number of hydrogen-bond acceptors (Lipinski definition) is 3. The third-order valence-electron chi connectivity index (χ3n) is 4.62. The summed E-state index contributed by atoms with van der Waals surface area (Å²) in [5.41, 5.74) is 2.67. The van der Waals surface area contributed by atoms with Crippen LogP contribution < -0.4 is 5.46 Å². The molecule has 1 aromatic rings. The first kappa shape index (κ1) is 15.3. The number of rotatable bonds is 2. The summed E-state index contributed by atoms with van der Waals surface area (Å²) in [7, 11) is -0.327. The fourth-order valence-corrected chi connectivity index (χ4v) is 2.53. The molecule has 0 unspecified atom stereocenters. The van der Waals surface area contributed by atoms with Crippen LogP contribution in [0.5, 0.6) is 0 Å². The lowest BCUT2D eigenvalue weighted by molar-refractivity contribution is 0.00578. The average molecular weight is 295 g/mol. The van der Waals surface area contributed by atoms with Crippen LogP contribution in [-0.4, -0.2) is 24.5 Å². The van der Waals surface area contributed by atoms with Gasteiger partial charge in [-0.1, -0.05) is 36.4 Å². The molecule has 3 nitrogen and oxygen atoms in total. The molecule has 2 aliphatic heterocycles. The summed E-state index contributed by atoms with van der Waals surface area (Å²) in [6.07, 6.45) is 8.85. The Bertz CT molecular complexity index is 643. The predicted octanol–water partition coefficient (Wildman–Crippen LogP) is 3.36. The number of hydrogen-bond donors (Lipinski definition) is 0. The van der Waals surface area contributed by atoms with E-state index in [9.17, 15) is 0 Å². The lowest BCUT2D eigenvalue weighted by Crippen LogP contribution is -2.41. The van der Waals surface area contributed by atoms with Crippen LogP contribution in [0.4, 0.5) is 0 Å². The molecule has 0 atom stereocenters. The zero-order valence-corrected chi connectivity index (χ0v) is 13.7. The summed E-state index contributed by atoms with van der Waals surface area (Å²) in [6.45, 7) is 8.29. The maximum absolute atomic E-state index is 6.13. The first-order valence-electron chi connectivity index (χ1n) is 7.73. The van der Waals surface area contributed by atoms with Gasteiger partial charge in [-0.25, -0.2) is 0 Å². The topological polar surface area (TPSA) is 30.8 Å². The standard InChI is InChI=1S/C18H22BNO2/c1-17(2)18(3,4)22-19(21-17)16-10-7-9-14(12-16)15-8-5-6-11-20-13-15/h6-13H,5H2,1-4H3. The molecule has 0 radical (unpaired) electrons. The monoisotopic (exact) mass is 295 g/mol. The Morgan fingerprint density at radius 2 is 1.82 bits per heavy atom. The third kappa shape index (κ3) is 2.81. The number of benzene rings is 1. The number of nitrogens with zero attached hydrogens (tertiary/aromatic N) is 1. The van der Waals surface area contributed by atoms with Crippen molar-refractivity contribution in [3.05, 3.63) is 48.2 Å². The highest BCUT2D eigenvalue weighted by Crippen LogP contribution is 2.36. The summed E-state index contributed by atoms with van der Waals surface area (Å²) < 4.78 is 12.3. The summed E-state index contributed by atoms with van der Waals surface area (Å²) in [5, 5.41) is 0. The summed E-state index contributed by atoms with van der Waals surface area (Å²) in [5.74, 6) is 0. The molecule has 0 aliphatic carbocycles. The molecular formula is C18H22BNO2. The molecule has 114 valence electrons. The highest BCUT2D eigenvalue weighted by Gasteiger charge is 2.51. The van der Waals surface area contributed by atoms with E-state index in [1.807, 2.05) is 24.6 Å². The van der Waals surface area contributed by atoms with E-state index in [1.165, 1.54) is 0 Å². The van der Waals surface area contributed by atoms with Gasteiger partial charge in [0, 0.05) is 12.4 Å². The van der Waals surface area contributed by atoms with E-state index in [0.717, 1.165) is 23.0 Å². The minimum Gasteiger partial charge on any atom is -0.399 e. The van der Waals surface area contributed by atoms with Crippen LogP contribution in [0.1, 0.15) is 39.7 Å². The van der Waals surface area contributed by atoms with Crippen molar-refractivity contribution in [3.63, 3.8) is 0 Å². The lowest BCUT2D eigenvalue weighted by atomic mass is 9.78. The molecule has 1 saturated heterocycles.